The van der Waals surface area contributed by atoms with E-state index < -0.39 is 23.6 Å². The van der Waals surface area contributed by atoms with Crippen LogP contribution in [0.3, 0.4) is 0 Å². The van der Waals surface area contributed by atoms with E-state index in [1.54, 1.807) is 0 Å². The van der Waals surface area contributed by atoms with Gasteiger partial charge in [0.15, 0.2) is 0 Å². The molecule has 1 aromatic rings. The Morgan fingerprint density at radius 1 is 1.26 bits per heavy atom. The molecule has 23 heavy (non-hydrogen) atoms. The maximum Gasteiger partial charge on any atom is 0.416 e. The van der Waals surface area contributed by atoms with Crippen molar-refractivity contribution in [2.45, 2.75) is 43.9 Å². The number of rotatable bonds is 4. The Hall–Kier alpha value is -1.63. The molecular weight excluding hydrogens is 312 g/mol. The van der Waals surface area contributed by atoms with Gasteiger partial charge in [-0.05, 0) is 50.3 Å². The molecular formula is C16H18F4N2O. The first-order chi connectivity index (χ1) is 10.9. The topological polar surface area (TPSA) is 41.1 Å². The summed E-state index contributed by atoms with van der Waals surface area (Å²) in [5.74, 6) is -1.04. The third kappa shape index (κ3) is 3.65. The van der Waals surface area contributed by atoms with Gasteiger partial charge in [-0.25, -0.2) is 4.39 Å². The average Bonchev–Trinajstić information content (AvgIpc) is 3.17. The molecule has 1 amide bonds. The Bertz CT molecular complexity index is 592. The van der Waals surface area contributed by atoms with E-state index in [1.807, 2.05) is 0 Å². The normalized spacial score (nSPS) is 22.9. The number of carbonyl (C=O) groups is 1. The highest BCUT2D eigenvalue weighted by atomic mass is 19.4. The van der Waals surface area contributed by atoms with Crippen LogP contribution in [0.4, 0.5) is 17.6 Å². The molecule has 2 fully saturated rings. The van der Waals surface area contributed by atoms with E-state index in [9.17, 15) is 22.4 Å². The van der Waals surface area contributed by atoms with Crippen LogP contribution in [-0.4, -0.2) is 18.5 Å². The Labute approximate surface area is 131 Å². The van der Waals surface area contributed by atoms with E-state index in [0.29, 0.717) is 6.07 Å². The van der Waals surface area contributed by atoms with Gasteiger partial charge in [-0.3, -0.25) is 4.79 Å². The second-order valence-corrected chi connectivity index (χ2v) is 6.21. The SMILES string of the molecule is O=C(NC(c1ccc(C(F)(F)F)cc1F)C1CC1)[C@H]1CCCN1. The quantitative estimate of drug-likeness (QED) is 0.833. The van der Waals surface area contributed by atoms with Gasteiger partial charge in [0.2, 0.25) is 5.91 Å². The van der Waals surface area contributed by atoms with Gasteiger partial charge in [-0.1, -0.05) is 6.07 Å². The minimum absolute atomic E-state index is 0.0894. The van der Waals surface area contributed by atoms with Crippen LogP contribution in [0.15, 0.2) is 18.2 Å². The summed E-state index contributed by atoms with van der Waals surface area (Å²) in [5.41, 5.74) is -0.885. The van der Waals surface area contributed by atoms with Gasteiger partial charge in [0.05, 0.1) is 17.6 Å². The van der Waals surface area contributed by atoms with Crippen LogP contribution in [0.2, 0.25) is 0 Å². The van der Waals surface area contributed by atoms with Crippen molar-refractivity contribution in [1.82, 2.24) is 10.6 Å². The molecule has 3 rings (SSSR count). The lowest BCUT2D eigenvalue weighted by Gasteiger charge is -2.22. The van der Waals surface area contributed by atoms with Crippen molar-refractivity contribution in [3.63, 3.8) is 0 Å². The number of amides is 1. The Morgan fingerprint density at radius 2 is 2.00 bits per heavy atom. The van der Waals surface area contributed by atoms with Crippen LogP contribution < -0.4 is 10.6 Å². The molecule has 1 aromatic carbocycles. The summed E-state index contributed by atoms with van der Waals surface area (Å²) in [5, 5.41) is 5.88. The van der Waals surface area contributed by atoms with Gasteiger partial charge >= 0.3 is 6.18 Å². The smallest absolute Gasteiger partial charge is 0.348 e. The molecule has 2 atom stereocenters. The van der Waals surface area contributed by atoms with Gasteiger partial charge < -0.3 is 10.6 Å². The van der Waals surface area contributed by atoms with Gasteiger partial charge in [0.25, 0.3) is 0 Å². The summed E-state index contributed by atoms with van der Waals surface area (Å²) in [7, 11) is 0. The van der Waals surface area contributed by atoms with Crippen LogP contribution >= 0.6 is 0 Å². The molecule has 126 valence electrons. The summed E-state index contributed by atoms with van der Waals surface area (Å²) in [6.07, 6.45) is -1.28. The highest BCUT2D eigenvalue weighted by Crippen LogP contribution is 2.42. The third-order valence-corrected chi connectivity index (χ3v) is 4.43. The van der Waals surface area contributed by atoms with Gasteiger partial charge in [0.1, 0.15) is 5.82 Å². The fourth-order valence-electron chi connectivity index (χ4n) is 3.00. The maximum atomic E-state index is 14.2. The summed E-state index contributed by atoms with van der Waals surface area (Å²) in [4.78, 5) is 12.2. The Kier molecular flexibility index (Phi) is 4.31. The summed E-state index contributed by atoms with van der Waals surface area (Å²) in [6.45, 7) is 0.765. The van der Waals surface area contributed by atoms with E-state index in [2.05, 4.69) is 10.6 Å². The predicted molar refractivity (Wildman–Crippen MR) is 76.0 cm³/mol. The molecule has 0 radical (unpaired) electrons. The molecule has 0 bridgehead atoms. The van der Waals surface area contributed by atoms with E-state index in [0.717, 1.165) is 44.4 Å². The van der Waals surface area contributed by atoms with Crippen molar-refractivity contribution in [2.75, 3.05) is 6.54 Å². The highest BCUT2D eigenvalue weighted by molar-refractivity contribution is 5.82. The second-order valence-electron chi connectivity index (χ2n) is 6.21. The number of carbonyl (C=O) groups excluding carboxylic acids is 1. The largest absolute Gasteiger partial charge is 0.416 e. The zero-order chi connectivity index (χ0) is 16.6. The van der Waals surface area contributed by atoms with Crippen LogP contribution in [0.25, 0.3) is 0 Å². The fourth-order valence-corrected chi connectivity index (χ4v) is 3.00. The summed E-state index contributed by atoms with van der Waals surface area (Å²) >= 11 is 0. The first kappa shape index (κ1) is 16.2. The molecule has 0 aromatic heterocycles. The number of hydrogen-bond donors (Lipinski definition) is 2. The molecule has 0 spiro atoms. The molecule has 1 saturated carbocycles. The van der Waals surface area contributed by atoms with Gasteiger partial charge in [0, 0.05) is 5.56 Å². The number of nitrogens with one attached hydrogen (secondary N) is 2. The zero-order valence-electron chi connectivity index (χ0n) is 12.4. The number of alkyl halides is 3. The molecule has 1 aliphatic heterocycles. The summed E-state index contributed by atoms with van der Waals surface area (Å²) in [6, 6.07) is 1.66. The standard InChI is InChI=1S/C16H18F4N2O/c17-12-8-10(16(18,19)20)5-6-11(12)14(9-3-4-9)22-15(23)13-2-1-7-21-13/h5-6,8-9,13-14,21H,1-4,7H2,(H,22,23)/t13-,14?/m1/s1. The molecule has 2 N–H and O–H groups in total. The van der Waals surface area contributed by atoms with Gasteiger partial charge in [-0.15, -0.1) is 0 Å². The van der Waals surface area contributed by atoms with Crippen LogP contribution in [0.1, 0.15) is 42.9 Å². The van der Waals surface area contributed by atoms with E-state index in [1.165, 1.54) is 0 Å². The maximum absolute atomic E-state index is 14.2. The Balaban J connectivity index is 1.79. The third-order valence-electron chi connectivity index (χ3n) is 4.43. The highest BCUT2D eigenvalue weighted by Gasteiger charge is 2.38. The molecule has 1 unspecified atom stereocenters. The fraction of sp³-hybridized carbons (Fsp3) is 0.562. The lowest BCUT2D eigenvalue weighted by Crippen LogP contribution is -2.42. The molecule has 3 nitrogen and oxygen atoms in total. The zero-order valence-corrected chi connectivity index (χ0v) is 12.4. The lowest BCUT2D eigenvalue weighted by atomic mass is 9.99. The first-order valence-corrected chi connectivity index (χ1v) is 7.76. The van der Waals surface area contributed by atoms with Crippen LogP contribution in [0.5, 0.6) is 0 Å². The van der Waals surface area contributed by atoms with Crippen LogP contribution in [0, 0.1) is 11.7 Å². The molecule has 1 heterocycles. The van der Waals surface area contributed by atoms with E-state index in [4.69, 9.17) is 0 Å². The minimum atomic E-state index is -4.58. The summed E-state index contributed by atoms with van der Waals surface area (Å²) < 4.78 is 52.1. The predicted octanol–water partition coefficient (Wildman–Crippen LogP) is 3.16. The number of hydrogen-bond acceptors (Lipinski definition) is 2. The van der Waals surface area contributed by atoms with E-state index >= 15 is 0 Å². The molecule has 1 saturated heterocycles. The van der Waals surface area contributed by atoms with Crippen molar-refractivity contribution in [3.05, 3.63) is 35.1 Å². The van der Waals surface area contributed by atoms with Crippen molar-refractivity contribution in [2.24, 2.45) is 5.92 Å². The number of halogens is 4. The second kappa shape index (κ2) is 6.11. The first-order valence-electron chi connectivity index (χ1n) is 7.76. The van der Waals surface area contributed by atoms with Crippen molar-refractivity contribution in [1.29, 1.82) is 0 Å². The molecule has 1 aliphatic carbocycles. The lowest BCUT2D eigenvalue weighted by molar-refractivity contribution is -0.137. The Morgan fingerprint density at radius 3 is 2.52 bits per heavy atom. The molecule has 7 heteroatoms. The average molecular weight is 330 g/mol. The van der Waals surface area contributed by atoms with Crippen molar-refractivity contribution < 1.29 is 22.4 Å². The number of benzene rings is 1. The molecule has 2 aliphatic rings. The van der Waals surface area contributed by atoms with Crippen LogP contribution in [-0.2, 0) is 11.0 Å². The van der Waals surface area contributed by atoms with E-state index in [-0.39, 0.29) is 23.4 Å². The van der Waals surface area contributed by atoms with Crippen molar-refractivity contribution in [3.8, 4) is 0 Å². The van der Waals surface area contributed by atoms with Crippen molar-refractivity contribution >= 4 is 5.91 Å². The minimum Gasteiger partial charge on any atom is -0.348 e. The monoisotopic (exact) mass is 330 g/mol. The van der Waals surface area contributed by atoms with Gasteiger partial charge in [-0.2, -0.15) is 13.2 Å².